The van der Waals surface area contributed by atoms with Crippen LogP contribution in [0.25, 0.3) is 0 Å². The van der Waals surface area contributed by atoms with Gasteiger partial charge in [-0.1, -0.05) is 0 Å². The van der Waals surface area contributed by atoms with Gasteiger partial charge in [-0.2, -0.15) is 57.1 Å². The molecule has 0 saturated carbocycles. The molecule has 0 amide bonds. The zero-order valence-corrected chi connectivity index (χ0v) is 13.7. The summed E-state index contributed by atoms with van der Waals surface area (Å²) < 4.78 is 159. The summed E-state index contributed by atoms with van der Waals surface area (Å²) >= 11 is 0. The van der Waals surface area contributed by atoms with Crippen LogP contribution in [0.15, 0.2) is 0 Å². The maximum Gasteiger partial charge on any atom is 0.460 e. The van der Waals surface area contributed by atoms with E-state index < -0.39 is 41.7 Å². The first-order valence-electron chi connectivity index (χ1n) is 4.21. The fraction of sp³-hybridized carbons (Fsp3) is 0.750. The molecule has 0 N–H and O–H groups in total. The van der Waals surface area contributed by atoms with Crippen LogP contribution in [-0.2, 0) is 19.5 Å². The van der Waals surface area contributed by atoms with Gasteiger partial charge in [0.2, 0.25) is 0 Å². The fourth-order valence-corrected chi connectivity index (χ4v) is 0.848. The summed E-state index contributed by atoms with van der Waals surface area (Å²) in [5.74, 6) is -38.1. The fourth-order valence-electron chi connectivity index (χ4n) is 0.848. The van der Waals surface area contributed by atoms with Gasteiger partial charge in [-0.15, -0.1) is 0 Å². The Morgan fingerprint density at radius 3 is 1.00 bits per heavy atom. The van der Waals surface area contributed by atoms with Crippen LogP contribution in [0.3, 0.4) is 0 Å². The van der Waals surface area contributed by atoms with Crippen molar-refractivity contribution >= 4 is 0 Å². The van der Waals surface area contributed by atoms with Crippen LogP contribution < -0.4 is 12.4 Å². The van der Waals surface area contributed by atoms with Gasteiger partial charge in [0, 0.05) is 19.5 Å². The maximum atomic E-state index is 12.6. The molecule has 0 saturated heterocycles. The molecule has 23 heavy (non-hydrogen) atoms. The van der Waals surface area contributed by atoms with Crippen molar-refractivity contribution in [3.8, 4) is 5.92 Å². The minimum atomic E-state index is -7.93. The molecule has 0 unspecified atom stereocenters. The van der Waals surface area contributed by atoms with Crippen molar-refractivity contribution in [2.24, 2.45) is 0 Å². The van der Waals surface area contributed by atoms with E-state index in [0.29, 0.717) is 0 Å². The van der Waals surface area contributed by atoms with Gasteiger partial charge >= 0.3 is 35.8 Å². The van der Waals surface area contributed by atoms with Gasteiger partial charge in [0.15, 0.2) is 0 Å². The van der Waals surface area contributed by atoms with Crippen molar-refractivity contribution in [3.63, 3.8) is 0 Å². The van der Waals surface area contributed by atoms with E-state index >= 15 is 0 Å². The normalized spacial score (nSPS) is 14.4. The van der Waals surface area contributed by atoms with Crippen LogP contribution >= 0.6 is 0 Å². The molecular formula is C8ClF13Zn-. The van der Waals surface area contributed by atoms with Gasteiger partial charge in [-0.3, -0.25) is 0 Å². The molecule has 0 bridgehead atoms. The van der Waals surface area contributed by atoms with E-state index in [9.17, 15) is 57.1 Å². The molecule has 0 atom stereocenters. The zero-order valence-electron chi connectivity index (χ0n) is 10.00. The van der Waals surface area contributed by atoms with Gasteiger partial charge in [0.1, 0.15) is 0 Å². The summed E-state index contributed by atoms with van der Waals surface area (Å²) in [6.45, 7) is 0. The van der Waals surface area contributed by atoms with E-state index in [1.807, 2.05) is 0 Å². The topological polar surface area (TPSA) is 0 Å². The van der Waals surface area contributed by atoms with E-state index in [0.717, 1.165) is 0 Å². The second-order valence-electron chi connectivity index (χ2n) is 3.49. The SMILES string of the molecule is [C]#CC(F)(F)C(F)(F)C(F)(F)C(F)(F)C(F)(F)C(F)(F)F.[Cl-].[Zn]. The van der Waals surface area contributed by atoms with Gasteiger partial charge < -0.3 is 12.4 Å². The molecule has 0 aromatic heterocycles. The van der Waals surface area contributed by atoms with Crippen molar-refractivity contribution in [1.29, 1.82) is 0 Å². The number of hydrogen-bond acceptors (Lipinski definition) is 0. The van der Waals surface area contributed by atoms with Crippen molar-refractivity contribution < 1.29 is 89.0 Å². The number of halogens is 14. The van der Waals surface area contributed by atoms with Crippen molar-refractivity contribution in [1.82, 2.24) is 0 Å². The largest absolute Gasteiger partial charge is 1.00 e. The van der Waals surface area contributed by atoms with Gasteiger partial charge in [0.05, 0.1) is 0 Å². The Labute approximate surface area is 137 Å². The molecular weight excluding hydrogens is 444 g/mol. The summed E-state index contributed by atoms with van der Waals surface area (Å²) in [6, 6.07) is 0. The molecule has 0 spiro atoms. The Balaban J connectivity index is -0.00000200. The Bertz CT molecular complexity index is 446. The number of alkyl halides is 13. The van der Waals surface area contributed by atoms with Crippen LogP contribution in [-0.4, -0.2) is 35.8 Å². The van der Waals surface area contributed by atoms with E-state index in [1.54, 1.807) is 0 Å². The molecule has 0 aromatic rings. The first kappa shape index (κ1) is 27.4. The molecule has 0 rings (SSSR count). The van der Waals surface area contributed by atoms with Crippen molar-refractivity contribution in [2.75, 3.05) is 0 Å². The molecule has 0 aliphatic carbocycles. The Morgan fingerprint density at radius 2 is 0.783 bits per heavy atom. The molecule has 1 radical (unpaired) electrons. The number of hydrogen-bond donors (Lipinski definition) is 0. The third kappa shape index (κ3) is 3.65. The van der Waals surface area contributed by atoms with E-state index in [4.69, 9.17) is 6.42 Å². The molecule has 0 nitrogen and oxygen atoms in total. The van der Waals surface area contributed by atoms with E-state index in [1.165, 1.54) is 0 Å². The predicted octanol–water partition coefficient (Wildman–Crippen LogP) is 1.32. The molecule has 0 aromatic carbocycles. The predicted molar refractivity (Wildman–Crippen MR) is 37.9 cm³/mol. The monoisotopic (exact) mass is 442 g/mol. The number of rotatable bonds is 4. The zero-order chi connectivity index (χ0) is 17.7. The Hall–Kier alpha value is -0.437. The third-order valence-corrected chi connectivity index (χ3v) is 2.09. The average molecular weight is 444 g/mol. The van der Waals surface area contributed by atoms with Crippen LogP contribution in [0.1, 0.15) is 0 Å². The molecule has 0 aliphatic heterocycles. The quantitative estimate of drug-likeness (QED) is 0.349. The third-order valence-electron chi connectivity index (χ3n) is 2.09. The van der Waals surface area contributed by atoms with E-state index in [2.05, 4.69) is 0 Å². The van der Waals surface area contributed by atoms with E-state index in [-0.39, 0.29) is 31.9 Å². The molecule has 0 heterocycles. The van der Waals surface area contributed by atoms with Gasteiger partial charge in [-0.05, 0) is 12.3 Å². The molecule has 0 fully saturated rings. The summed E-state index contributed by atoms with van der Waals surface area (Å²) in [5, 5.41) is 0. The van der Waals surface area contributed by atoms with Crippen LogP contribution in [0.4, 0.5) is 57.1 Å². The first-order chi connectivity index (χ1) is 8.81. The molecule has 15 heteroatoms. The summed E-state index contributed by atoms with van der Waals surface area (Å²) in [6.07, 6.45) is -1.87. The summed E-state index contributed by atoms with van der Waals surface area (Å²) in [7, 11) is 0. The Kier molecular flexibility index (Phi) is 8.13. The first-order valence-corrected chi connectivity index (χ1v) is 4.21. The van der Waals surface area contributed by atoms with Gasteiger partial charge in [-0.25, -0.2) is 0 Å². The smallest absolute Gasteiger partial charge is 0.460 e. The average Bonchev–Trinajstić information content (AvgIpc) is 2.26. The Morgan fingerprint density at radius 1 is 0.522 bits per heavy atom. The minimum absolute atomic E-state index is 0. The molecule has 133 valence electrons. The van der Waals surface area contributed by atoms with Gasteiger partial charge in [0.25, 0.3) is 0 Å². The summed E-state index contributed by atoms with van der Waals surface area (Å²) in [5.41, 5.74) is 0. The standard InChI is InChI=1S/C8F13.ClH.Zn/c1-2-3(9,10)4(11,12)5(13,14)6(15,16)7(17,18)8(19,20)21;;/h;1H;/p-1. The molecule has 0 aliphatic rings. The van der Waals surface area contributed by atoms with Crippen LogP contribution in [0.2, 0.25) is 0 Å². The second-order valence-corrected chi connectivity index (χ2v) is 3.49. The van der Waals surface area contributed by atoms with Crippen LogP contribution in [0, 0.1) is 12.3 Å². The maximum absolute atomic E-state index is 12.6. The van der Waals surface area contributed by atoms with Crippen LogP contribution in [0.5, 0.6) is 0 Å². The van der Waals surface area contributed by atoms with Crippen molar-refractivity contribution in [2.45, 2.75) is 35.8 Å². The minimum Gasteiger partial charge on any atom is -1.00 e. The summed E-state index contributed by atoms with van der Waals surface area (Å²) in [4.78, 5) is 0. The van der Waals surface area contributed by atoms with Crippen molar-refractivity contribution in [3.05, 3.63) is 6.42 Å². The second kappa shape index (κ2) is 6.82.